The summed E-state index contributed by atoms with van der Waals surface area (Å²) in [6.45, 7) is 3.94. The van der Waals surface area contributed by atoms with Crippen LogP contribution in [0.25, 0.3) is 0 Å². The van der Waals surface area contributed by atoms with Gasteiger partial charge in [0.1, 0.15) is 0 Å². The highest BCUT2D eigenvalue weighted by atomic mass is 79.9. The molecule has 5 heteroatoms. The van der Waals surface area contributed by atoms with Crippen LogP contribution in [0.2, 0.25) is 0 Å². The van der Waals surface area contributed by atoms with E-state index in [0.717, 1.165) is 15.6 Å². The van der Waals surface area contributed by atoms with Crippen molar-refractivity contribution >= 4 is 31.6 Å². The Hall–Kier alpha value is -1.33. The maximum absolute atomic E-state index is 12.2. The first-order chi connectivity index (χ1) is 8.88. The first-order valence-electron chi connectivity index (χ1n) is 5.74. The minimum atomic E-state index is -3.55. The Bertz CT molecular complexity index is 711. The lowest BCUT2D eigenvalue weighted by Crippen LogP contribution is -2.13. The molecule has 0 heterocycles. The molecule has 3 nitrogen and oxygen atoms in total. The highest BCUT2D eigenvalue weighted by Crippen LogP contribution is 2.21. The van der Waals surface area contributed by atoms with Crippen molar-refractivity contribution < 1.29 is 8.42 Å². The highest BCUT2D eigenvalue weighted by Gasteiger charge is 2.14. The number of halogens is 1. The summed E-state index contributed by atoms with van der Waals surface area (Å²) in [5, 5.41) is 0. The summed E-state index contributed by atoms with van der Waals surface area (Å²) < 4.78 is 27.7. The predicted molar refractivity (Wildman–Crippen MR) is 80.9 cm³/mol. The number of aryl methyl sites for hydroxylation is 2. The lowest BCUT2D eigenvalue weighted by Gasteiger charge is -2.10. The van der Waals surface area contributed by atoms with Crippen LogP contribution >= 0.6 is 15.9 Å². The molecule has 1 N–H and O–H groups in total. The second-order valence-electron chi connectivity index (χ2n) is 4.36. The van der Waals surface area contributed by atoms with Gasteiger partial charge in [0.05, 0.1) is 4.90 Å². The lowest BCUT2D eigenvalue weighted by atomic mass is 10.1. The summed E-state index contributed by atoms with van der Waals surface area (Å²) in [6.07, 6.45) is 0. The molecule has 0 bridgehead atoms. The van der Waals surface area contributed by atoms with E-state index in [9.17, 15) is 8.42 Å². The number of sulfonamides is 1. The first-order valence-corrected chi connectivity index (χ1v) is 8.02. The van der Waals surface area contributed by atoms with Crippen molar-refractivity contribution in [1.82, 2.24) is 0 Å². The van der Waals surface area contributed by atoms with E-state index in [-0.39, 0.29) is 4.90 Å². The average molecular weight is 340 g/mol. The van der Waals surface area contributed by atoms with Crippen LogP contribution in [0.1, 0.15) is 11.1 Å². The number of hydrogen-bond acceptors (Lipinski definition) is 2. The van der Waals surface area contributed by atoms with Crippen LogP contribution in [-0.4, -0.2) is 8.42 Å². The second-order valence-corrected chi connectivity index (χ2v) is 6.96. The number of nitrogens with one attached hydrogen (secondary N) is 1. The van der Waals surface area contributed by atoms with Crippen molar-refractivity contribution in [1.29, 1.82) is 0 Å². The molecule has 0 saturated heterocycles. The smallest absolute Gasteiger partial charge is 0.261 e. The summed E-state index contributed by atoms with van der Waals surface area (Å²) in [6, 6.07) is 12.1. The fourth-order valence-corrected chi connectivity index (χ4v) is 3.30. The summed E-state index contributed by atoms with van der Waals surface area (Å²) >= 11 is 3.27. The quantitative estimate of drug-likeness (QED) is 0.922. The van der Waals surface area contributed by atoms with Crippen molar-refractivity contribution in [3.05, 3.63) is 58.1 Å². The Balaban J connectivity index is 2.33. The van der Waals surface area contributed by atoms with E-state index in [0.29, 0.717) is 5.69 Å². The molecule has 0 aliphatic rings. The standard InChI is InChI=1S/C14H14BrNO2S/c1-10-6-7-13(8-11(10)2)16-19(17,18)14-5-3-4-12(15)9-14/h3-9,16H,1-2H3. The van der Waals surface area contributed by atoms with Gasteiger partial charge >= 0.3 is 0 Å². The van der Waals surface area contributed by atoms with Gasteiger partial charge in [0.25, 0.3) is 10.0 Å². The van der Waals surface area contributed by atoms with Gasteiger partial charge in [-0.1, -0.05) is 28.1 Å². The summed E-state index contributed by atoms with van der Waals surface area (Å²) in [4.78, 5) is 0.236. The van der Waals surface area contributed by atoms with Gasteiger partial charge in [-0.25, -0.2) is 8.42 Å². The molecule has 2 rings (SSSR count). The second kappa shape index (κ2) is 5.35. The third-order valence-corrected chi connectivity index (χ3v) is 4.74. The molecule has 2 aromatic carbocycles. The number of rotatable bonds is 3. The van der Waals surface area contributed by atoms with E-state index < -0.39 is 10.0 Å². The molecular formula is C14H14BrNO2S. The van der Waals surface area contributed by atoms with Crippen molar-refractivity contribution in [2.24, 2.45) is 0 Å². The molecule has 0 aromatic heterocycles. The summed E-state index contributed by atoms with van der Waals surface area (Å²) in [5.74, 6) is 0. The summed E-state index contributed by atoms with van der Waals surface area (Å²) in [7, 11) is -3.55. The topological polar surface area (TPSA) is 46.2 Å². The average Bonchev–Trinajstić information content (AvgIpc) is 2.33. The molecule has 0 aliphatic carbocycles. The Labute approximate surface area is 121 Å². The summed E-state index contributed by atoms with van der Waals surface area (Å²) in [5.41, 5.74) is 2.75. The molecule has 100 valence electrons. The SMILES string of the molecule is Cc1ccc(NS(=O)(=O)c2cccc(Br)c2)cc1C. The first kappa shape index (κ1) is 14.1. The van der Waals surface area contributed by atoms with Crippen LogP contribution in [0.4, 0.5) is 5.69 Å². The Kier molecular flexibility index (Phi) is 3.96. The molecule has 0 aliphatic heterocycles. The van der Waals surface area contributed by atoms with Crippen LogP contribution in [-0.2, 0) is 10.0 Å². The number of anilines is 1. The predicted octanol–water partition coefficient (Wildman–Crippen LogP) is 3.87. The maximum atomic E-state index is 12.2. The van der Waals surface area contributed by atoms with Crippen molar-refractivity contribution in [2.45, 2.75) is 18.7 Å². The van der Waals surface area contributed by atoms with Gasteiger partial charge in [0.15, 0.2) is 0 Å². The zero-order valence-electron chi connectivity index (χ0n) is 10.6. The van der Waals surface area contributed by atoms with Crippen LogP contribution in [0, 0.1) is 13.8 Å². The van der Waals surface area contributed by atoms with Gasteiger partial charge in [-0.3, -0.25) is 4.72 Å². The molecule has 0 atom stereocenters. The van der Waals surface area contributed by atoms with Crippen LogP contribution in [0.5, 0.6) is 0 Å². The van der Waals surface area contributed by atoms with Gasteiger partial charge in [0, 0.05) is 10.2 Å². The van der Waals surface area contributed by atoms with Gasteiger partial charge in [-0.2, -0.15) is 0 Å². The van der Waals surface area contributed by atoms with Crippen LogP contribution < -0.4 is 4.72 Å². The van der Waals surface area contributed by atoms with Crippen molar-refractivity contribution in [3.8, 4) is 0 Å². The normalized spacial score (nSPS) is 11.3. The van der Waals surface area contributed by atoms with Gasteiger partial charge in [-0.15, -0.1) is 0 Å². The largest absolute Gasteiger partial charge is 0.280 e. The maximum Gasteiger partial charge on any atom is 0.261 e. The third kappa shape index (κ3) is 3.36. The van der Waals surface area contributed by atoms with Crippen LogP contribution in [0.3, 0.4) is 0 Å². The van der Waals surface area contributed by atoms with Crippen molar-refractivity contribution in [3.63, 3.8) is 0 Å². The highest BCUT2D eigenvalue weighted by molar-refractivity contribution is 9.10. The molecule has 0 saturated carbocycles. The molecule has 2 aromatic rings. The number of benzene rings is 2. The molecule has 0 spiro atoms. The molecule has 0 unspecified atom stereocenters. The minimum absolute atomic E-state index is 0.236. The van der Waals surface area contributed by atoms with Crippen molar-refractivity contribution in [2.75, 3.05) is 4.72 Å². The lowest BCUT2D eigenvalue weighted by molar-refractivity contribution is 0.601. The van der Waals surface area contributed by atoms with E-state index in [2.05, 4.69) is 20.7 Å². The Morgan fingerprint density at radius 3 is 2.37 bits per heavy atom. The van der Waals surface area contributed by atoms with E-state index in [1.807, 2.05) is 26.0 Å². The van der Waals surface area contributed by atoms with E-state index in [4.69, 9.17) is 0 Å². The zero-order chi connectivity index (χ0) is 14.0. The molecular weight excluding hydrogens is 326 g/mol. The third-order valence-electron chi connectivity index (χ3n) is 2.87. The fraction of sp³-hybridized carbons (Fsp3) is 0.143. The van der Waals surface area contributed by atoms with E-state index in [1.165, 1.54) is 0 Å². The fourth-order valence-electron chi connectivity index (χ4n) is 1.65. The molecule has 0 radical (unpaired) electrons. The molecule has 19 heavy (non-hydrogen) atoms. The minimum Gasteiger partial charge on any atom is -0.280 e. The Morgan fingerprint density at radius 2 is 1.74 bits per heavy atom. The van der Waals surface area contributed by atoms with Gasteiger partial charge in [-0.05, 0) is 55.3 Å². The zero-order valence-corrected chi connectivity index (χ0v) is 13.0. The Morgan fingerprint density at radius 1 is 1.00 bits per heavy atom. The molecule has 0 amide bonds. The monoisotopic (exact) mass is 339 g/mol. The van der Waals surface area contributed by atoms with Gasteiger partial charge in [0.2, 0.25) is 0 Å². The number of hydrogen-bond donors (Lipinski definition) is 1. The molecule has 0 fully saturated rings. The van der Waals surface area contributed by atoms with Gasteiger partial charge < -0.3 is 0 Å². The van der Waals surface area contributed by atoms with E-state index >= 15 is 0 Å². The van der Waals surface area contributed by atoms with Crippen LogP contribution in [0.15, 0.2) is 51.8 Å². The van der Waals surface area contributed by atoms with E-state index in [1.54, 1.807) is 30.3 Å².